The van der Waals surface area contributed by atoms with Crippen molar-refractivity contribution in [3.05, 3.63) is 47.8 Å². The molecule has 1 fully saturated rings. The molecule has 0 unspecified atom stereocenters. The molecule has 0 aliphatic carbocycles. The number of benzene rings is 1. The first-order chi connectivity index (χ1) is 11.7. The predicted octanol–water partition coefficient (Wildman–Crippen LogP) is 2.15. The van der Waals surface area contributed by atoms with Gasteiger partial charge in [-0.15, -0.1) is 0 Å². The number of carbonyl (C=O) groups is 1. The average Bonchev–Trinajstić information content (AvgIpc) is 3.24. The number of carbonyl (C=O) groups excluding carboxylic acids is 1. The summed E-state index contributed by atoms with van der Waals surface area (Å²) in [6, 6.07) is 10.6. The van der Waals surface area contributed by atoms with Crippen molar-refractivity contribution in [1.29, 1.82) is 0 Å². The zero-order chi connectivity index (χ0) is 16.9. The maximum Gasteiger partial charge on any atom is 0.356 e. The molecule has 0 bridgehead atoms. The van der Waals surface area contributed by atoms with Gasteiger partial charge >= 0.3 is 5.97 Å². The molecule has 6 nitrogen and oxygen atoms in total. The van der Waals surface area contributed by atoms with E-state index in [0.29, 0.717) is 18.2 Å². The number of hydrogen-bond acceptors (Lipinski definition) is 5. The minimum absolute atomic E-state index is 0.369. The monoisotopic (exact) mass is 328 g/mol. The average molecular weight is 328 g/mol. The molecule has 3 rings (SSSR count). The number of anilines is 1. The molecule has 1 aliphatic rings. The Balaban J connectivity index is 1.54. The molecule has 0 spiro atoms. The molecule has 1 aliphatic heterocycles. The number of hydrogen-bond donors (Lipinski definition) is 1. The van der Waals surface area contributed by atoms with Crippen molar-refractivity contribution >= 4 is 11.7 Å². The van der Waals surface area contributed by atoms with E-state index in [-0.39, 0.29) is 5.97 Å². The maximum absolute atomic E-state index is 11.7. The van der Waals surface area contributed by atoms with Crippen molar-refractivity contribution in [3.8, 4) is 0 Å². The Hall–Kier alpha value is -2.34. The summed E-state index contributed by atoms with van der Waals surface area (Å²) in [7, 11) is 3.46. The summed E-state index contributed by atoms with van der Waals surface area (Å²) >= 11 is 0. The van der Waals surface area contributed by atoms with Gasteiger partial charge < -0.3 is 14.5 Å². The molecule has 2 aromatic rings. The van der Waals surface area contributed by atoms with Crippen LogP contribution in [0.2, 0.25) is 0 Å². The highest BCUT2D eigenvalue weighted by atomic mass is 16.5. The number of aromatic nitrogens is 2. The van der Waals surface area contributed by atoms with Crippen molar-refractivity contribution in [3.63, 3.8) is 0 Å². The number of nitrogens with one attached hydrogen (secondary N) is 1. The predicted molar refractivity (Wildman–Crippen MR) is 93.0 cm³/mol. The second-order valence-electron chi connectivity index (χ2n) is 6.39. The van der Waals surface area contributed by atoms with E-state index in [1.807, 2.05) is 0 Å². The van der Waals surface area contributed by atoms with Crippen LogP contribution >= 0.6 is 0 Å². The molecule has 1 saturated heterocycles. The number of aromatic amines is 1. The summed E-state index contributed by atoms with van der Waals surface area (Å²) in [6.07, 6.45) is 2.89. The van der Waals surface area contributed by atoms with E-state index in [4.69, 9.17) is 4.74 Å². The summed E-state index contributed by atoms with van der Waals surface area (Å²) in [5.74, 6) is 0.260. The largest absolute Gasteiger partial charge is 0.464 e. The van der Waals surface area contributed by atoms with Gasteiger partial charge in [-0.05, 0) is 31.5 Å². The van der Waals surface area contributed by atoms with Crippen molar-refractivity contribution in [2.24, 2.45) is 5.92 Å². The molecular formula is C18H24N4O2. The van der Waals surface area contributed by atoms with Crippen LogP contribution in [0.5, 0.6) is 0 Å². The highest BCUT2D eigenvalue weighted by Gasteiger charge is 2.24. The molecular weight excluding hydrogens is 304 g/mol. The van der Waals surface area contributed by atoms with Gasteiger partial charge in [0.1, 0.15) is 5.69 Å². The standard InChI is InChI=1S/C18H24N4O2/c1-21(13-15-10-19-20-17(15)18(23)24-2)11-14-8-9-22(12-14)16-6-4-3-5-7-16/h3-7,10,14H,8-9,11-13H2,1-2H3,(H,19,20)/t14-/m1/s1. The van der Waals surface area contributed by atoms with E-state index in [0.717, 1.165) is 25.2 Å². The first kappa shape index (κ1) is 16.5. The molecule has 128 valence electrons. The zero-order valence-electron chi connectivity index (χ0n) is 14.2. The van der Waals surface area contributed by atoms with Gasteiger partial charge in [0.15, 0.2) is 0 Å². The SMILES string of the molecule is COC(=O)c1[nH]ncc1CN(C)C[C@H]1CCN(c2ccccc2)C1. The Morgan fingerprint density at radius 3 is 2.96 bits per heavy atom. The van der Waals surface area contributed by atoms with Gasteiger partial charge in [0.05, 0.1) is 13.3 Å². The van der Waals surface area contributed by atoms with E-state index in [9.17, 15) is 4.79 Å². The summed E-state index contributed by atoms with van der Waals surface area (Å²) < 4.78 is 4.78. The van der Waals surface area contributed by atoms with Gasteiger partial charge in [-0.25, -0.2) is 4.79 Å². The van der Waals surface area contributed by atoms with Crippen LogP contribution in [-0.2, 0) is 11.3 Å². The second-order valence-corrected chi connectivity index (χ2v) is 6.39. The Kier molecular flexibility index (Phi) is 5.15. The van der Waals surface area contributed by atoms with Crippen LogP contribution in [0, 0.1) is 5.92 Å². The molecule has 0 amide bonds. The van der Waals surface area contributed by atoms with Crippen LogP contribution in [0.25, 0.3) is 0 Å². The number of esters is 1. The third kappa shape index (κ3) is 3.76. The van der Waals surface area contributed by atoms with Crippen molar-refractivity contribution in [2.75, 3.05) is 38.7 Å². The number of para-hydroxylation sites is 1. The summed E-state index contributed by atoms with van der Waals surface area (Å²) in [5.41, 5.74) is 2.62. The van der Waals surface area contributed by atoms with E-state index in [1.54, 1.807) is 6.20 Å². The van der Waals surface area contributed by atoms with Gasteiger partial charge in [0.2, 0.25) is 0 Å². The number of H-pyrrole nitrogens is 1. The van der Waals surface area contributed by atoms with Crippen LogP contribution < -0.4 is 4.90 Å². The topological polar surface area (TPSA) is 61.5 Å². The smallest absolute Gasteiger partial charge is 0.356 e. The van der Waals surface area contributed by atoms with Gasteiger partial charge in [-0.2, -0.15) is 5.10 Å². The van der Waals surface area contributed by atoms with E-state index >= 15 is 0 Å². The molecule has 0 radical (unpaired) electrons. The highest BCUT2D eigenvalue weighted by molar-refractivity contribution is 5.88. The molecule has 6 heteroatoms. The molecule has 2 heterocycles. The number of ether oxygens (including phenoxy) is 1. The summed E-state index contributed by atoms with van der Waals surface area (Å²) in [5, 5.41) is 6.69. The Morgan fingerprint density at radius 1 is 1.42 bits per heavy atom. The van der Waals surface area contributed by atoms with Crippen LogP contribution in [0.4, 0.5) is 5.69 Å². The van der Waals surface area contributed by atoms with Crippen LogP contribution in [-0.4, -0.2) is 54.9 Å². The van der Waals surface area contributed by atoms with Crippen molar-refractivity contribution in [2.45, 2.75) is 13.0 Å². The van der Waals surface area contributed by atoms with E-state index in [1.165, 1.54) is 19.2 Å². The van der Waals surface area contributed by atoms with Crippen LogP contribution in [0.3, 0.4) is 0 Å². The molecule has 1 aromatic carbocycles. The fourth-order valence-electron chi connectivity index (χ4n) is 3.36. The number of methoxy groups -OCH3 is 1. The molecule has 1 aromatic heterocycles. The lowest BCUT2D eigenvalue weighted by atomic mass is 10.1. The third-order valence-corrected chi connectivity index (χ3v) is 4.52. The van der Waals surface area contributed by atoms with Crippen molar-refractivity contribution < 1.29 is 9.53 Å². The fourth-order valence-corrected chi connectivity index (χ4v) is 3.36. The quantitative estimate of drug-likeness (QED) is 0.823. The lowest BCUT2D eigenvalue weighted by molar-refractivity contribution is 0.0591. The van der Waals surface area contributed by atoms with Crippen molar-refractivity contribution in [1.82, 2.24) is 15.1 Å². The van der Waals surface area contributed by atoms with Gasteiger partial charge in [0.25, 0.3) is 0 Å². The summed E-state index contributed by atoms with van der Waals surface area (Å²) in [6.45, 7) is 3.85. The Morgan fingerprint density at radius 2 is 2.21 bits per heavy atom. The van der Waals surface area contributed by atoms with Gasteiger partial charge in [-0.1, -0.05) is 18.2 Å². The number of rotatable bonds is 6. The maximum atomic E-state index is 11.7. The first-order valence-corrected chi connectivity index (χ1v) is 8.26. The Bertz CT molecular complexity index is 671. The minimum Gasteiger partial charge on any atom is -0.464 e. The second kappa shape index (κ2) is 7.49. The highest BCUT2D eigenvalue weighted by Crippen LogP contribution is 2.24. The minimum atomic E-state index is -0.369. The van der Waals surface area contributed by atoms with Crippen LogP contribution in [0.15, 0.2) is 36.5 Å². The lowest BCUT2D eigenvalue weighted by Crippen LogP contribution is -2.28. The van der Waals surface area contributed by atoms with E-state index in [2.05, 4.69) is 57.4 Å². The van der Waals surface area contributed by atoms with Gasteiger partial charge in [-0.3, -0.25) is 5.10 Å². The van der Waals surface area contributed by atoms with Gasteiger partial charge in [0, 0.05) is 37.4 Å². The molecule has 0 saturated carbocycles. The summed E-state index contributed by atoms with van der Waals surface area (Å²) in [4.78, 5) is 16.4. The normalized spacial score (nSPS) is 17.5. The molecule has 1 N–H and O–H groups in total. The number of nitrogens with zero attached hydrogens (tertiary/aromatic N) is 3. The fraction of sp³-hybridized carbons (Fsp3) is 0.444. The third-order valence-electron chi connectivity index (χ3n) is 4.52. The first-order valence-electron chi connectivity index (χ1n) is 8.26. The van der Waals surface area contributed by atoms with Crippen LogP contribution in [0.1, 0.15) is 22.5 Å². The zero-order valence-corrected chi connectivity index (χ0v) is 14.2. The van der Waals surface area contributed by atoms with E-state index < -0.39 is 0 Å². The lowest BCUT2D eigenvalue weighted by Gasteiger charge is -2.22. The molecule has 1 atom stereocenters. The molecule has 24 heavy (non-hydrogen) atoms. The Labute approximate surface area is 142 Å².